The summed E-state index contributed by atoms with van der Waals surface area (Å²) in [6, 6.07) is 11.5. The van der Waals surface area contributed by atoms with Crippen molar-refractivity contribution in [1.29, 1.82) is 0 Å². The quantitative estimate of drug-likeness (QED) is 0.824. The molecule has 0 bridgehead atoms. The molecule has 0 aliphatic heterocycles. The van der Waals surface area contributed by atoms with Crippen LogP contribution in [0.1, 0.15) is 18.5 Å². The normalized spacial score (nSPS) is 12.2. The standard InChI is InChI=1S/C13H12Cl2N2/c1-9(11-4-2-3-5-12(11)14)17-10-6-7-16-13(15)8-10/h2-9H,1H3,(H,16,17). The summed E-state index contributed by atoms with van der Waals surface area (Å²) in [4.78, 5) is 3.94. The zero-order chi connectivity index (χ0) is 12.3. The lowest BCUT2D eigenvalue weighted by atomic mass is 10.1. The van der Waals surface area contributed by atoms with Crippen LogP contribution < -0.4 is 5.32 Å². The third-order valence-electron chi connectivity index (χ3n) is 2.48. The van der Waals surface area contributed by atoms with Gasteiger partial charge in [-0.2, -0.15) is 0 Å². The summed E-state index contributed by atoms with van der Waals surface area (Å²) >= 11 is 12.0. The van der Waals surface area contributed by atoms with E-state index in [0.717, 1.165) is 16.3 Å². The fourth-order valence-electron chi connectivity index (χ4n) is 1.65. The maximum atomic E-state index is 6.14. The lowest BCUT2D eigenvalue weighted by Gasteiger charge is -2.16. The Labute approximate surface area is 111 Å². The Morgan fingerprint density at radius 2 is 1.94 bits per heavy atom. The minimum absolute atomic E-state index is 0.113. The summed E-state index contributed by atoms with van der Waals surface area (Å²) in [6.07, 6.45) is 1.67. The topological polar surface area (TPSA) is 24.9 Å². The van der Waals surface area contributed by atoms with E-state index in [1.165, 1.54) is 0 Å². The van der Waals surface area contributed by atoms with Gasteiger partial charge in [-0.05, 0) is 30.7 Å². The third kappa shape index (κ3) is 3.11. The average Bonchev–Trinajstić information content (AvgIpc) is 2.29. The van der Waals surface area contributed by atoms with Gasteiger partial charge in [-0.25, -0.2) is 4.98 Å². The zero-order valence-electron chi connectivity index (χ0n) is 9.32. The largest absolute Gasteiger partial charge is 0.378 e. The minimum Gasteiger partial charge on any atom is -0.378 e. The predicted octanol–water partition coefficient (Wildman–Crippen LogP) is 4.56. The predicted molar refractivity (Wildman–Crippen MR) is 72.7 cm³/mol. The van der Waals surface area contributed by atoms with Crippen LogP contribution in [0.4, 0.5) is 5.69 Å². The van der Waals surface area contributed by atoms with Gasteiger partial charge < -0.3 is 5.32 Å². The highest BCUT2D eigenvalue weighted by Gasteiger charge is 2.08. The average molecular weight is 267 g/mol. The molecule has 0 spiro atoms. The van der Waals surface area contributed by atoms with Crippen molar-refractivity contribution in [2.24, 2.45) is 0 Å². The number of rotatable bonds is 3. The van der Waals surface area contributed by atoms with Gasteiger partial charge in [0, 0.05) is 22.9 Å². The van der Waals surface area contributed by atoms with Crippen LogP contribution in [0.25, 0.3) is 0 Å². The van der Waals surface area contributed by atoms with E-state index in [-0.39, 0.29) is 6.04 Å². The van der Waals surface area contributed by atoms with Crippen molar-refractivity contribution < 1.29 is 0 Å². The number of anilines is 1. The van der Waals surface area contributed by atoms with Crippen LogP contribution in [0, 0.1) is 0 Å². The maximum absolute atomic E-state index is 6.14. The number of benzene rings is 1. The second kappa shape index (κ2) is 5.39. The van der Waals surface area contributed by atoms with Crippen molar-refractivity contribution in [2.75, 3.05) is 5.32 Å². The molecule has 4 heteroatoms. The smallest absolute Gasteiger partial charge is 0.131 e. The van der Waals surface area contributed by atoms with E-state index in [2.05, 4.69) is 17.2 Å². The van der Waals surface area contributed by atoms with Crippen LogP contribution in [-0.4, -0.2) is 4.98 Å². The minimum atomic E-state index is 0.113. The van der Waals surface area contributed by atoms with Gasteiger partial charge in [0.15, 0.2) is 0 Å². The molecule has 1 aromatic carbocycles. The first-order valence-corrected chi connectivity index (χ1v) is 6.05. The van der Waals surface area contributed by atoms with Crippen LogP contribution in [0.2, 0.25) is 10.2 Å². The third-order valence-corrected chi connectivity index (χ3v) is 3.03. The van der Waals surface area contributed by atoms with Gasteiger partial charge in [-0.15, -0.1) is 0 Å². The fraction of sp³-hybridized carbons (Fsp3) is 0.154. The highest BCUT2D eigenvalue weighted by atomic mass is 35.5. The molecule has 1 unspecified atom stereocenters. The molecule has 17 heavy (non-hydrogen) atoms. The van der Waals surface area contributed by atoms with Crippen molar-refractivity contribution in [3.63, 3.8) is 0 Å². The van der Waals surface area contributed by atoms with Gasteiger partial charge in [-0.3, -0.25) is 0 Å². The second-order valence-corrected chi connectivity index (χ2v) is 4.55. The molecule has 1 N–H and O–H groups in total. The van der Waals surface area contributed by atoms with Crippen molar-refractivity contribution >= 4 is 28.9 Å². The Kier molecular flexibility index (Phi) is 3.87. The van der Waals surface area contributed by atoms with E-state index in [4.69, 9.17) is 23.2 Å². The summed E-state index contributed by atoms with van der Waals surface area (Å²) in [7, 11) is 0. The molecule has 1 heterocycles. The molecule has 0 aliphatic rings. The number of pyridine rings is 1. The van der Waals surface area contributed by atoms with Crippen molar-refractivity contribution in [1.82, 2.24) is 4.98 Å². The molecule has 0 fully saturated rings. The van der Waals surface area contributed by atoms with Gasteiger partial charge in [0.2, 0.25) is 0 Å². The number of hydrogen-bond acceptors (Lipinski definition) is 2. The van der Waals surface area contributed by atoms with Gasteiger partial charge in [0.05, 0.1) is 0 Å². The van der Waals surface area contributed by atoms with E-state index >= 15 is 0 Å². The molecule has 0 aliphatic carbocycles. The molecular weight excluding hydrogens is 255 g/mol. The van der Waals surface area contributed by atoms with Crippen LogP contribution in [0.15, 0.2) is 42.6 Å². The Morgan fingerprint density at radius 1 is 1.18 bits per heavy atom. The molecular formula is C13H12Cl2N2. The number of halogens is 2. The summed E-state index contributed by atoms with van der Waals surface area (Å²) in [6.45, 7) is 2.05. The molecule has 0 radical (unpaired) electrons. The molecule has 1 atom stereocenters. The number of aromatic nitrogens is 1. The maximum Gasteiger partial charge on any atom is 0.131 e. The first-order valence-electron chi connectivity index (χ1n) is 5.29. The number of nitrogens with one attached hydrogen (secondary N) is 1. The Bertz CT molecular complexity index is 514. The van der Waals surface area contributed by atoms with E-state index in [9.17, 15) is 0 Å². The lowest BCUT2D eigenvalue weighted by molar-refractivity contribution is 0.884. The van der Waals surface area contributed by atoms with Crippen molar-refractivity contribution in [3.05, 3.63) is 58.3 Å². The Balaban J connectivity index is 2.17. The Hall–Kier alpha value is -1.25. The van der Waals surface area contributed by atoms with E-state index in [1.807, 2.05) is 30.3 Å². The highest BCUT2D eigenvalue weighted by molar-refractivity contribution is 6.31. The van der Waals surface area contributed by atoms with Gasteiger partial charge in [0.1, 0.15) is 5.15 Å². The Morgan fingerprint density at radius 3 is 2.65 bits per heavy atom. The lowest BCUT2D eigenvalue weighted by Crippen LogP contribution is -2.07. The molecule has 2 nitrogen and oxygen atoms in total. The van der Waals surface area contributed by atoms with E-state index in [0.29, 0.717) is 5.15 Å². The van der Waals surface area contributed by atoms with Gasteiger partial charge >= 0.3 is 0 Å². The fourth-order valence-corrected chi connectivity index (χ4v) is 2.12. The zero-order valence-corrected chi connectivity index (χ0v) is 10.8. The van der Waals surface area contributed by atoms with Crippen LogP contribution in [-0.2, 0) is 0 Å². The molecule has 0 saturated heterocycles. The molecule has 1 aromatic heterocycles. The summed E-state index contributed by atoms with van der Waals surface area (Å²) in [5.41, 5.74) is 1.99. The SMILES string of the molecule is CC(Nc1ccnc(Cl)c1)c1ccccc1Cl. The monoisotopic (exact) mass is 266 g/mol. The summed E-state index contributed by atoms with van der Waals surface area (Å²) in [5.74, 6) is 0. The van der Waals surface area contributed by atoms with Crippen molar-refractivity contribution in [3.8, 4) is 0 Å². The van der Waals surface area contributed by atoms with E-state index in [1.54, 1.807) is 12.3 Å². The molecule has 88 valence electrons. The molecule has 2 rings (SSSR count). The first-order chi connectivity index (χ1) is 8.16. The molecule has 2 aromatic rings. The van der Waals surface area contributed by atoms with Gasteiger partial charge in [0.25, 0.3) is 0 Å². The van der Waals surface area contributed by atoms with Crippen molar-refractivity contribution in [2.45, 2.75) is 13.0 Å². The molecule has 0 saturated carbocycles. The number of hydrogen-bond donors (Lipinski definition) is 1. The highest BCUT2D eigenvalue weighted by Crippen LogP contribution is 2.25. The van der Waals surface area contributed by atoms with Crippen LogP contribution >= 0.6 is 23.2 Å². The summed E-state index contributed by atoms with van der Waals surface area (Å²) in [5, 5.41) is 4.56. The summed E-state index contributed by atoms with van der Waals surface area (Å²) < 4.78 is 0. The number of nitrogens with zero attached hydrogens (tertiary/aromatic N) is 1. The second-order valence-electron chi connectivity index (χ2n) is 3.75. The van der Waals surface area contributed by atoms with E-state index < -0.39 is 0 Å². The molecule has 0 amide bonds. The van der Waals surface area contributed by atoms with Gasteiger partial charge in [-0.1, -0.05) is 41.4 Å². The van der Waals surface area contributed by atoms with Crippen LogP contribution in [0.3, 0.4) is 0 Å². The van der Waals surface area contributed by atoms with Crippen LogP contribution in [0.5, 0.6) is 0 Å². The first kappa shape index (κ1) is 12.2.